The Morgan fingerprint density at radius 2 is 1.76 bits per heavy atom. The first-order chi connectivity index (χ1) is 19.7. The lowest BCUT2D eigenvalue weighted by atomic mass is 9.92. The van der Waals surface area contributed by atoms with Crippen LogP contribution in [-0.4, -0.2) is 81.5 Å². The first-order valence-corrected chi connectivity index (χ1v) is 15.1. The molecule has 0 aromatic carbocycles. The lowest BCUT2D eigenvalue weighted by Gasteiger charge is -2.47. The first kappa shape index (κ1) is 32.3. The largest absolute Gasteiger partial charge is 0.396 e. The summed E-state index contributed by atoms with van der Waals surface area (Å²) in [6.07, 6.45) is 5.48. The van der Waals surface area contributed by atoms with Gasteiger partial charge in [-0.3, -0.25) is 13.9 Å². The van der Waals surface area contributed by atoms with E-state index in [-0.39, 0.29) is 25.7 Å². The molecule has 0 bridgehead atoms. The lowest BCUT2D eigenvalue weighted by molar-refractivity contribution is -0.416. The van der Waals surface area contributed by atoms with Gasteiger partial charge in [0.05, 0.1) is 6.10 Å². The van der Waals surface area contributed by atoms with Crippen LogP contribution in [0.4, 0.5) is 0 Å². The van der Waals surface area contributed by atoms with Crippen LogP contribution in [0.1, 0.15) is 95.3 Å². The second-order valence-corrected chi connectivity index (χ2v) is 11.7. The van der Waals surface area contributed by atoms with Gasteiger partial charge in [0, 0.05) is 58.4 Å². The van der Waals surface area contributed by atoms with Crippen LogP contribution in [0, 0.1) is 6.92 Å². The van der Waals surface area contributed by atoms with Gasteiger partial charge in [-0.15, -0.1) is 0 Å². The fourth-order valence-electron chi connectivity index (χ4n) is 6.40. The maximum absolute atomic E-state index is 13.5. The van der Waals surface area contributed by atoms with E-state index in [2.05, 4.69) is 0 Å². The molecule has 12 nitrogen and oxygen atoms in total. The van der Waals surface area contributed by atoms with Crippen LogP contribution >= 0.6 is 0 Å². The Morgan fingerprint density at radius 3 is 2.39 bits per heavy atom. The molecule has 2 aliphatic carbocycles. The molecular weight excluding hydrogens is 536 g/mol. The Morgan fingerprint density at radius 1 is 1.07 bits per heavy atom. The summed E-state index contributed by atoms with van der Waals surface area (Å²) >= 11 is 0. The molecule has 1 aliphatic heterocycles. The van der Waals surface area contributed by atoms with Crippen LogP contribution in [0.2, 0.25) is 0 Å². The number of nitrogens with zero attached hydrogens (tertiary/aromatic N) is 2. The number of aliphatic hydroxyl groups is 3. The monoisotopic (exact) mass is 584 g/mol. The van der Waals surface area contributed by atoms with Gasteiger partial charge in [-0.05, 0) is 45.4 Å². The minimum absolute atomic E-state index is 0.0464. The number of aliphatic hydroxyl groups excluding tert-OH is 3. The minimum Gasteiger partial charge on any atom is -0.396 e. The molecular formula is C29H48N2O10. The predicted molar refractivity (Wildman–Crippen MR) is 148 cm³/mol. The Kier molecular flexibility index (Phi) is 11.2. The summed E-state index contributed by atoms with van der Waals surface area (Å²) in [5, 5.41) is 32.6. The topological polar surface area (TPSA) is 151 Å². The van der Waals surface area contributed by atoms with Crippen molar-refractivity contribution in [1.29, 1.82) is 0 Å². The third-order valence-electron chi connectivity index (χ3n) is 8.79. The molecule has 0 amide bonds. The van der Waals surface area contributed by atoms with Crippen LogP contribution in [0.25, 0.3) is 0 Å². The molecule has 1 saturated heterocycles. The fraction of sp³-hybridized carbons (Fsp3) is 0.862. The van der Waals surface area contributed by atoms with E-state index in [1.165, 1.54) is 25.0 Å². The van der Waals surface area contributed by atoms with Gasteiger partial charge in [0.2, 0.25) is 5.79 Å². The molecule has 3 aliphatic rings. The maximum atomic E-state index is 13.5. The van der Waals surface area contributed by atoms with Crippen molar-refractivity contribution >= 4 is 0 Å². The Bertz CT molecular complexity index is 1090. The Labute approximate surface area is 241 Å². The summed E-state index contributed by atoms with van der Waals surface area (Å²) in [6, 6.07) is 0. The van der Waals surface area contributed by atoms with E-state index in [9.17, 15) is 19.8 Å². The molecule has 4 rings (SSSR count). The van der Waals surface area contributed by atoms with Crippen molar-refractivity contribution in [2.24, 2.45) is 0 Å². The van der Waals surface area contributed by atoms with E-state index in [1.54, 1.807) is 6.92 Å². The fourth-order valence-corrected chi connectivity index (χ4v) is 6.40. The number of rotatable bonds is 13. The molecule has 234 valence electrons. The molecule has 41 heavy (non-hydrogen) atoms. The SMILES string of the molecule is COC(OC1CCCCC1)C(O)[C@@]1(OC2(OC)CCCCC2)O[C@@H](n2cc(C)c(=O)n(CCCCO)c2=O)C[C@@H]1O. The van der Waals surface area contributed by atoms with Crippen molar-refractivity contribution in [3.8, 4) is 0 Å². The summed E-state index contributed by atoms with van der Waals surface area (Å²) in [5.41, 5.74) is -0.713. The minimum atomic E-state index is -2.04. The van der Waals surface area contributed by atoms with Crippen molar-refractivity contribution in [3.63, 3.8) is 0 Å². The average Bonchev–Trinajstić information content (AvgIpc) is 3.32. The molecule has 5 atom stereocenters. The molecule has 2 heterocycles. The maximum Gasteiger partial charge on any atom is 0.333 e. The number of methoxy groups -OCH3 is 2. The highest BCUT2D eigenvalue weighted by atomic mass is 16.8. The summed E-state index contributed by atoms with van der Waals surface area (Å²) < 4.78 is 33.0. The number of hydrogen-bond donors (Lipinski definition) is 3. The third-order valence-corrected chi connectivity index (χ3v) is 8.79. The summed E-state index contributed by atoms with van der Waals surface area (Å²) in [7, 11) is 2.96. The number of hydrogen-bond acceptors (Lipinski definition) is 10. The summed E-state index contributed by atoms with van der Waals surface area (Å²) in [4.78, 5) is 26.3. The van der Waals surface area contributed by atoms with Crippen LogP contribution in [0.15, 0.2) is 15.8 Å². The highest BCUT2D eigenvalue weighted by molar-refractivity contribution is 5.05. The zero-order chi connectivity index (χ0) is 29.6. The van der Waals surface area contributed by atoms with Gasteiger partial charge in [-0.2, -0.15) is 0 Å². The predicted octanol–water partition coefficient (Wildman–Crippen LogP) is 2.07. The van der Waals surface area contributed by atoms with E-state index in [0.29, 0.717) is 31.2 Å². The van der Waals surface area contributed by atoms with Crippen LogP contribution in [-0.2, 0) is 30.2 Å². The van der Waals surface area contributed by atoms with Crippen molar-refractivity contribution < 1.29 is 39.0 Å². The normalized spacial score (nSPS) is 28.5. The molecule has 0 spiro atoms. The second-order valence-electron chi connectivity index (χ2n) is 11.7. The first-order valence-electron chi connectivity index (χ1n) is 15.1. The van der Waals surface area contributed by atoms with E-state index in [1.807, 2.05) is 0 Å². The van der Waals surface area contributed by atoms with Crippen molar-refractivity contribution in [3.05, 3.63) is 32.6 Å². The van der Waals surface area contributed by atoms with Crippen molar-refractivity contribution in [2.45, 2.75) is 139 Å². The van der Waals surface area contributed by atoms with E-state index in [4.69, 9.17) is 28.8 Å². The summed E-state index contributed by atoms with van der Waals surface area (Å²) in [5.74, 6) is -3.17. The smallest absolute Gasteiger partial charge is 0.333 e. The zero-order valence-electron chi connectivity index (χ0n) is 24.7. The van der Waals surface area contributed by atoms with Gasteiger partial charge < -0.3 is 39.0 Å². The van der Waals surface area contributed by atoms with Crippen molar-refractivity contribution in [1.82, 2.24) is 9.13 Å². The number of aryl methyl sites for hydroxylation is 1. The molecule has 3 N–H and O–H groups in total. The molecule has 0 radical (unpaired) electrons. The van der Waals surface area contributed by atoms with Gasteiger partial charge >= 0.3 is 5.69 Å². The van der Waals surface area contributed by atoms with Crippen molar-refractivity contribution in [2.75, 3.05) is 20.8 Å². The summed E-state index contributed by atoms with van der Waals surface area (Å²) in [6.45, 7) is 1.69. The average molecular weight is 585 g/mol. The Balaban J connectivity index is 1.70. The standard InChI is InChI=1S/C29H48N2O10/c1-20-19-31(27(36)30(25(20)35)16-10-11-17-32)23-18-22(33)29(40-23,41-28(38-3)14-8-5-9-15-28)24(34)26(37-2)39-21-12-6-4-7-13-21/h19,21-24,26,32-34H,4-18H2,1-3H3/t22-,23+,24?,26?,29+/m0/s1. The highest BCUT2D eigenvalue weighted by Crippen LogP contribution is 2.46. The van der Waals surface area contributed by atoms with Gasteiger partial charge in [0.25, 0.3) is 5.56 Å². The number of aromatic nitrogens is 2. The molecule has 1 aromatic rings. The highest BCUT2D eigenvalue weighted by Gasteiger charge is 2.61. The van der Waals surface area contributed by atoms with Gasteiger partial charge in [-0.25, -0.2) is 4.79 Å². The third kappa shape index (κ3) is 6.96. The van der Waals surface area contributed by atoms with E-state index < -0.39 is 47.5 Å². The molecule has 3 fully saturated rings. The van der Waals surface area contributed by atoms with E-state index in [0.717, 1.165) is 55.9 Å². The van der Waals surface area contributed by atoms with E-state index >= 15 is 0 Å². The van der Waals surface area contributed by atoms with Crippen LogP contribution < -0.4 is 11.2 Å². The van der Waals surface area contributed by atoms with Crippen LogP contribution in [0.3, 0.4) is 0 Å². The lowest BCUT2D eigenvalue weighted by Crippen LogP contribution is -2.62. The quantitative estimate of drug-likeness (QED) is 0.232. The number of ether oxygens (including phenoxy) is 5. The van der Waals surface area contributed by atoms with Gasteiger partial charge in [0.1, 0.15) is 12.3 Å². The zero-order valence-corrected chi connectivity index (χ0v) is 24.7. The van der Waals surface area contributed by atoms with Crippen LogP contribution in [0.5, 0.6) is 0 Å². The molecule has 1 aromatic heterocycles. The number of unbranched alkanes of at least 4 members (excludes halogenated alkanes) is 1. The Hall–Kier alpha value is -1.64. The molecule has 2 saturated carbocycles. The molecule has 2 unspecified atom stereocenters. The van der Waals surface area contributed by atoms with Gasteiger partial charge in [-0.1, -0.05) is 25.7 Å². The molecule has 12 heteroatoms. The second kappa shape index (κ2) is 14.2. The van der Waals surface area contributed by atoms with Gasteiger partial charge in [0.15, 0.2) is 18.2 Å².